The number of aromatic nitrogens is 2. The SMILES string of the molecule is CCCCC/C=C\C\C=C/C=C/C=C/[C@@H](SC[C@H](N)C(=O)O[C@H](COC(=O)CCCCCCCCC/C=C\CCCCCC)COP(=O)(O)OP(=O)(O)OC[C@H]1O[C@@H](n2ccc(N)nc2=O)[C@H](O)[C@@H]1O)[C@@H](O)CCCC(=O)O. The number of nitrogens with two attached hydrogens (primary N) is 2. The predicted molar refractivity (Wildman–Crippen MR) is 299 cm³/mol. The highest BCUT2D eigenvalue weighted by atomic mass is 32.2. The minimum Gasteiger partial charge on any atom is -0.481 e. The molecule has 2 unspecified atom stereocenters. The Labute approximate surface area is 464 Å². The van der Waals surface area contributed by atoms with Crippen molar-refractivity contribution in [3.63, 3.8) is 0 Å². The van der Waals surface area contributed by atoms with E-state index in [1.165, 1.54) is 38.2 Å². The van der Waals surface area contributed by atoms with Gasteiger partial charge in [0.15, 0.2) is 12.3 Å². The van der Waals surface area contributed by atoms with Crippen molar-refractivity contribution in [2.75, 3.05) is 31.3 Å². The van der Waals surface area contributed by atoms with E-state index in [1.807, 2.05) is 18.2 Å². The molecule has 10 N–H and O–H groups in total. The van der Waals surface area contributed by atoms with Gasteiger partial charge in [0, 0.05) is 30.0 Å². The quantitative estimate of drug-likeness (QED) is 0.00998. The second-order valence-corrected chi connectivity index (χ2v) is 23.2. The number of nitrogen functional groups attached to an aromatic ring is 1. The van der Waals surface area contributed by atoms with E-state index in [1.54, 1.807) is 18.2 Å². The number of ether oxygens (including phenoxy) is 3. The number of unbranched alkanes of at least 4 members (excludes halogenated alkanes) is 14. The molecule has 2 heterocycles. The molecule has 25 heteroatoms. The monoisotopic (exact) mass is 1160 g/mol. The second kappa shape index (κ2) is 41.2. The van der Waals surface area contributed by atoms with E-state index in [0.29, 0.717) is 6.42 Å². The molecule has 1 aliphatic rings. The number of aliphatic carboxylic acids is 1. The van der Waals surface area contributed by atoms with Crippen LogP contribution in [0.25, 0.3) is 0 Å². The number of hydrogen-bond donors (Lipinski definition) is 8. The van der Waals surface area contributed by atoms with Crippen LogP contribution < -0.4 is 17.2 Å². The van der Waals surface area contributed by atoms with Crippen LogP contribution in [0.15, 0.2) is 77.8 Å². The Hall–Kier alpha value is -3.80. The van der Waals surface area contributed by atoms with E-state index in [9.17, 15) is 53.4 Å². The Morgan fingerprint density at radius 2 is 1.40 bits per heavy atom. The summed E-state index contributed by atoms with van der Waals surface area (Å²) >= 11 is 1.09. The van der Waals surface area contributed by atoms with Crippen molar-refractivity contribution >= 4 is 51.1 Å². The Morgan fingerprint density at radius 3 is 2.06 bits per heavy atom. The molecule has 0 aliphatic carbocycles. The van der Waals surface area contributed by atoms with Crippen LogP contribution in [0, 0.1) is 0 Å². The fraction of sp³-hybridized carbons (Fsp3) is 0.679. The summed E-state index contributed by atoms with van der Waals surface area (Å²) in [6, 6.07) is -0.163. The summed E-state index contributed by atoms with van der Waals surface area (Å²) in [5, 5.41) is 40.5. The topological polar surface area (TPSA) is 349 Å². The van der Waals surface area contributed by atoms with Gasteiger partial charge >= 0.3 is 39.2 Å². The van der Waals surface area contributed by atoms with Gasteiger partial charge in [0.05, 0.1) is 19.3 Å². The lowest BCUT2D eigenvalue weighted by Crippen LogP contribution is -2.40. The average Bonchev–Trinajstić information content (AvgIpc) is 3.70. The Balaban J connectivity index is 2.06. The fourth-order valence-corrected chi connectivity index (χ4v) is 10.9. The van der Waals surface area contributed by atoms with Gasteiger partial charge in [-0.15, -0.1) is 11.8 Å². The van der Waals surface area contributed by atoms with Gasteiger partial charge in [0.25, 0.3) is 0 Å². The molecule has 0 amide bonds. The molecule has 1 saturated heterocycles. The maximum Gasteiger partial charge on any atom is 0.481 e. The highest BCUT2D eigenvalue weighted by Crippen LogP contribution is 2.60. The maximum atomic E-state index is 13.4. The van der Waals surface area contributed by atoms with E-state index in [4.69, 9.17) is 39.8 Å². The van der Waals surface area contributed by atoms with Crippen LogP contribution in [-0.2, 0) is 51.1 Å². The zero-order valence-electron chi connectivity index (χ0n) is 45.4. The molecule has 10 atom stereocenters. The van der Waals surface area contributed by atoms with Crippen LogP contribution in [0.5, 0.6) is 0 Å². The Kier molecular flexibility index (Phi) is 37.2. The minimum atomic E-state index is -5.58. The van der Waals surface area contributed by atoms with Gasteiger partial charge in [0.2, 0.25) is 0 Å². The normalized spacial score (nSPS) is 20.2. The number of phosphoric ester groups is 2. The molecule has 0 radical (unpaired) electrons. The molecule has 1 aromatic rings. The van der Waals surface area contributed by atoms with Gasteiger partial charge in [-0.2, -0.15) is 9.29 Å². The highest BCUT2D eigenvalue weighted by Gasteiger charge is 2.46. The molecule has 0 bridgehead atoms. The zero-order chi connectivity index (χ0) is 57.6. The lowest BCUT2D eigenvalue weighted by Gasteiger charge is -2.23. The summed E-state index contributed by atoms with van der Waals surface area (Å²) in [4.78, 5) is 74.1. The predicted octanol–water partition coefficient (Wildman–Crippen LogP) is 8.43. The molecule has 2 rings (SSSR count). The van der Waals surface area contributed by atoms with E-state index < -0.39 is 107 Å². The van der Waals surface area contributed by atoms with Crippen molar-refractivity contribution in [2.24, 2.45) is 5.73 Å². The number of phosphoric acid groups is 2. The Morgan fingerprint density at radius 1 is 0.795 bits per heavy atom. The summed E-state index contributed by atoms with van der Waals surface area (Å²) in [7, 11) is -11.1. The number of rotatable bonds is 45. The van der Waals surface area contributed by atoms with Crippen molar-refractivity contribution in [3.05, 3.63) is 83.5 Å². The maximum absolute atomic E-state index is 13.4. The van der Waals surface area contributed by atoms with Crippen molar-refractivity contribution in [1.82, 2.24) is 9.55 Å². The molecule has 22 nitrogen and oxygen atoms in total. The van der Waals surface area contributed by atoms with Gasteiger partial charge < -0.3 is 55.9 Å². The summed E-state index contributed by atoms with van der Waals surface area (Å²) in [6.45, 7) is 1.62. The number of allylic oxidation sites excluding steroid dienone is 9. The zero-order valence-corrected chi connectivity index (χ0v) is 48.0. The summed E-state index contributed by atoms with van der Waals surface area (Å²) < 4.78 is 57.1. The number of nitrogens with zero attached hydrogens (tertiary/aromatic N) is 2. The first-order chi connectivity index (χ1) is 37.3. The third-order valence-electron chi connectivity index (χ3n) is 12.1. The summed E-state index contributed by atoms with van der Waals surface area (Å²) in [6.07, 6.45) is 30.6. The van der Waals surface area contributed by atoms with Crippen LogP contribution in [0.1, 0.15) is 161 Å². The van der Waals surface area contributed by atoms with Crippen LogP contribution in [-0.4, -0.2) is 125 Å². The highest BCUT2D eigenvalue weighted by molar-refractivity contribution is 8.00. The molecular weight excluding hydrogens is 1070 g/mol. The number of esters is 2. The van der Waals surface area contributed by atoms with E-state index >= 15 is 0 Å². The van der Waals surface area contributed by atoms with Crippen LogP contribution >= 0.6 is 27.4 Å². The van der Waals surface area contributed by atoms with Crippen molar-refractivity contribution < 1.29 is 81.3 Å². The lowest BCUT2D eigenvalue weighted by atomic mass is 10.1. The largest absolute Gasteiger partial charge is 0.481 e. The van der Waals surface area contributed by atoms with Gasteiger partial charge in [-0.05, 0) is 70.3 Å². The van der Waals surface area contributed by atoms with Crippen LogP contribution in [0.2, 0.25) is 0 Å². The molecule has 1 aliphatic heterocycles. The number of carbonyl (C=O) groups is 3. The van der Waals surface area contributed by atoms with Gasteiger partial charge in [-0.25, -0.2) is 13.9 Å². The first-order valence-electron chi connectivity index (χ1n) is 27.2. The molecular formula is C53H88N4O18P2S. The molecule has 0 saturated carbocycles. The molecule has 1 aromatic heterocycles. The number of anilines is 1. The summed E-state index contributed by atoms with van der Waals surface area (Å²) in [5.74, 6) is -3.03. The average molecular weight is 1160 g/mol. The number of aliphatic hydroxyl groups excluding tert-OH is 3. The smallest absolute Gasteiger partial charge is 0.481 e. The van der Waals surface area contributed by atoms with Crippen molar-refractivity contribution in [1.29, 1.82) is 0 Å². The lowest BCUT2D eigenvalue weighted by molar-refractivity contribution is -0.161. The fourth-order valence-electron chi connectivity index (χ4n) is 7.67. The molecule has 444 valence electrons. The number of carbonyl (C=O) groups excluding carboxylic acids is 2. The third-order valence-corrected chi connectivity index (χ3v) is 16.1. The van der Waals surface area contributed by atoms with Crippen molar-refractivity contribution in [2.45, 2.75) is 203 Å². The standard InChI is InChI=1S/C53H88N4O18P2S/c1-3-5-7-9-11-13-15-17-18-19-21-23-25-27-29-34-48(61)70-37-41(38-71-76(66,67)75-77(68,69)72-39-44-49(62)50(63)51(74-44)57-36-35-46(55)56-53(57)65)73-52(64)42(54)40-78-45(43(58)31-30-33-47(59)60)32-28-26-24-22-20-16-14-12-10-8-6-4-2/h12-15,20,22,24,26,28,32,35-36,41-45,49-51,58,62-63H,3-11,16-19,21,23,25,27,29-31,33-34,37-40,54H2,1-2H3,(H,59,60)(H,66,67)(H,68,69)(H2,55,56,65)/b14-12-,15-13-,22-20-,26-24+,32-28+/t41-,42+,43+,44-,45-,49-,50-,51-/m1/s1. The second-order valence-electron chi connectivity index (χ2n) is 18.9. The third kappa shape index (κ3) is 32.5. The van der Waals surface area contributed by atoms with Gasteiger partial charge in [-0.1, -0.05) is 139 Å². The number of hydrogen-bond acceptors (Lipinski definition) is 19. The first-order valence-corrected chi connectivity index (χ1v) is 31.3. The van der Waals surface area contributed by atoms with E-state index in [2.05, 4.69) is 47.4 Å². The minimum absolute atomic E-state index is 0.0177. The van der Waals surface area contributed by atoms with Crippen LogP contribution in [0.3, 0.4) is 0 Å². The first kappa shape index (κ1) is 70.3. The molecule has 1 fully saturated rings. The van der Waals surface area contributed by atoms with Crippen molar-refractivity contribution in [3.8, 4) is 0 Å². The summed E-state index contributed by atoms with van der Waals surface area (Å²) in [5.41, 5.74) is 10.8. The van der Waals surface area contributed by atoms with Gasteiger partial charge in [0.1, 0.15) is 36.8 Å². The number of carboxylic acid groups (broad SMARTS) is 1. The van der Waals surface area contributed by atoms with Gasteiger partial charge in [-0.3, -0.25) is 28.0 Å². The Bertz CT molecular complexity index is 2180. The number of aliphatic hydroxyl groups is 3. The van der Waals surface area contributed by atoms with E-state index in [0.717, 1.165) is 99.6 Å². The molecule has 78 heavy (non-hydrogen) atoms. The molecule has 0 aromatic carbocycles. The van der Waals surface area contributed by atoms with Crippen LogP contribution in [0.4, 0.5) is 5.82 Å². The number of carboxylic acids is 1. The number of thioether (sulfide) groups is 1. The molecule has 0 spiro atoms. The van der Waals surface area contributed by atoms with E-state index in [-0.39, 0.29) is 37.3 Å².